The fourth-order valence-corrected chi connectivity index (χ4v) is 2.45. The number of aliphatic imine (C=N–C) groups is 1. The number of hydrogen-bond donors (Lipinski definition) is 2. The number of aromatic nitrogens is 3. The normalized spacial score (nSPS) is 14.6. The van der Waals surface area contributed by atoms with Gasteiger partial charge in [-0.3, -0.25) is 4.57 Å². The van der Waals surface area contributed by atoms with E-state index in [1.807, 2.05) is 19.1 Å². The van der Waals surface area contributed by atoms with Gasteiger partial charge in [-0.15, -0.1) is 0 Å². The van der Waals surface area contributed by atoms with Crippen LogP contribution in [0, 0.1) is 0 Å². The smallest absolute Gasteiger partial charge is 0.220 e. The summed E-state index contributed by atoms with van der Waals surface area (Å²) < 4.78 is 6.88. The number of rotatable bonds is 6. The van der Waals surface area contributed by atoms with Crippen LogP contribution in [0.1, 0.15) is 24.6 Å². The van der Waals surface area contributed by atoms with E-state index >= 15 is 0 Å². The number of nitrogens with zero attached hydrogens (tertiary/aromatic N) is 4. The number of imidazole rings is 1. The van der Waals surface area contributed by atoms with Gasteiger partial charge in [0.1, 0.15) is 5.69 Å². The number of nitrogen functional groups attached to an aromatic ring is 1. The summed E-state index contributed by atoms with van der Waals surface area (Å²) in [4.78, 5) is 12.7. The van der Waals surface area contributed by atoms with Crippen LogP contribution >= 0.6 is 0 Å². The van der Waals surface area contributed by atoms with Gasteiger partial charge >= 0.3 is 0 Å². The first-order valence-electron chi connectivity index (χ1n) is 7.54. The van der Waals surface area contributed by atoms with Crippen LogP contribution in [0.25, 0.3) is 11.6 Å². The van der Waals surface area contributed by atoms with Crippen LogP contribution < -0.4 is 5.73 Å². The first-order chi connectivity index (χ1) is 11.2. The van der Waals surface area contributed by atoms with Crippen molar-refractivity contribution in [3.05, 3.63) is 29.6 Å². The maximum absolute atomic E-state index is 10.3. The van der Waals surface area contributed by atoms with E-state index in [2.05, 4.69) is 15.0 Å². The number of pyridine rings is 1. The van der Waals surface area contributed by atoms with E-state index in [4.69, 9.17) is 10.5 Å². The topological polar surface area (TPSA) is 98.6 Å². The molecular formula is C16H19N5O2. The lowest BCUT2D eigenvalue weighted by molar-refractivity contribution is 0.141. The van der Waals surface area contributed by atoms with Crippen LogP contribution in [0.5, 0.6) is 5.88 Å². The summed E-state index contributed by atoms with van der Waals surface area (Å²) in [5.41, 5.74) is 8.09. The van der Waals surface area contributed by atoms with E-state index in [0.717, 1.165) is 17.6 Å². The summed E-state index contributed by atoms with van der Waals surface area (Å²) in [5, 5.41) is 10.3. The minimum absolute atomic E-state index is 0.0530. The highest BCUT2D eigenvalue weighted by atomic mass is 16.5. The molecule has 0 saturated carbocycles. The van der Waals surface area contributed by atoms with Crippen molar-refractivity contribution >= 4 is 29.6 Å². The van der Waals surface area contributed by atoms with Crippen molar-refractivity contribution in [3.8, 4) is 5.88 Å². The Kier molecular flexibility index (Phi) is 4.38. The molecule has 0 aromatic carbocycles. The van der Waals surface area contributed by atoms with Crippen molar-refractivity contribution in [2.75, 3.05) is 18.9 Å². The number of fused-ring (bicyclic) bond motifs is 1. The highest BCUT2D eigenvalue weighted by molar-refractivity contribution is 6.20. The van der Waals surface area contributed by atoms with E-state index < -0.39 is 0 Å². The summed E-state index contributed by atoms with van der Waals surface area (Å²) in [6.07, 6.45) is 5.93. The molecule has 0 radical (unpaired) electrons. The second kappa shape index (κ2) is 6.62. The SMILES string of the molecule is CCOCCCn1c(N)nc(/C=C2/C=Nc3ncccc32)c1O. The Bertz CT molecular complexity index is 764. The monoisotopic (exact) mass is 313 g/mol. The lowest BCUT2D eigenvalue weighted by atomic mass is 10.1. The molecule has 0 saturated heterocycles. The number of ether oxygens (including phenoxy) is 1. The highest BCUT2D eigenvalue weighted by Crippen LogP contribution is 2.32. The largest absolute Gasteiger partial charge is 0.493 e. The van der Waals surface area contributed by atoms with Crippen molar-refractivity contribution in [2.45, 2.75) is 19.9 Å². The number of nitrogens with two attached hydrogens (primary N) is 1. The van der Waals surface area contributed by atoms with Crippen LogP contribution in [0.2, 0.25) is 0 Å². The molecule has 0 amide bonds. The van der Waals surface area contributed by atoms with Crippen LogP contribution in [0.4, 0.5) is 11.8 Å². The van der Waals surface area contributed by atoms with Gasteiger partial charge in [-0.05, 0) is 31.6 Å². The van der Waals surface area contributed by atoms with E-state index in [-0.39, 0.29) is 11.8 Å². The minimum atomic E-state index is 0.0530. The van der Waals surface area contributed by atoms with Gasteiger partial charge in [0.2, 0.25) is 11.8 Å². The number of aromatic hydroxyl groups is 1. The fraction of sp³-hybridized carbons (Fsp3) is 0.312. The first-order valence-corrected chi connectivity index (χ1v) is 7.54. The van der Waals surface area contributed by atoms with Crippen molar-refractivity contribution in [3.63, 3.8) is 0 Å². The Morgan fingerprint density at radius 3 is 3.13 bits per heavy atom. The van der Waals surface area contributed by atoms with Gasteiger partial charge in [0, 0.05) is 43.3 Å². The van der Waals surface area contributed by atoms with Gasteiger partial charge in [-0.25, -0.2) is 15.0 Å². The minimum Gasteiger partial charge on any atom is -0.493 e. The van der Waals surface area contributed by atoms with E-state index in [1.54, 1.807) is 23.1 Å². The van der Waals surface area contributed by atoms with E-state index in [0.29, 0.717) is 31.3 Å². The zero-order valence-corrected chi connectivity index (χ0v) is 12.9. The molecule has 1 aliphatic heterocycles. The van der Waals surface area contributed by atoms with Crippen molar-refractivity contribution in [2.24, 2.45) is 4.99 Å². The molecule has 2 aromatic rings. The van der Waals surface area contributed by atoms with Gasteiger partial charge in [-0.1, -0.05) is 0 Å². The van der Waals surface area contributed by atoms with Gasteiger partial charge < -0.3 is 15.6 Å². The third-order valence-electron chi connectivity index (χ3n) is 3.59. The average molecular weight is 313 g/mol. The Morgan fingerprint density at radius 2 is 2.30 bits per heavy atom. The van der Waals surface area contributed by atoms with Gasteiger partial charge in [0.15, 0.2) is 5.82 Å². The first kappa shape index (κ1) is 15.2. The van der Waals surface area contributed by atoms with Crippen LogP contribution in [-0.2, 0) is 11.3 Å². The summed E-state index contributed by atoms with van der Waals surface area (Å²) >= 11 is 0. The Morgan fingerprint density at radius 1 is 1.43 bits per heavy atom. The lowest BCUT2D eigenvalue weighted by Crippen LogP contribution is -2.05. The van der Waals surface area contributed by atoms with Gasteiger partial charge in [0.25, 0.3) is 0 Å². The number of anilines is 1. The lowest BCUT2D eigenvalue weighted by Gasteiger charge is -2.06. The zero-order valence-electron chi connectivity index (χ0n) is 12.9. The van der Waals surface area contributed by atoms with E-state index in [9.17, 15) is 5.11 Å². The molecule has 3 N–H and O–H groups in total. The third-order valence-corrected chi connectivity index (χ3v) is 3.59. The van der Waals surface area contributed by atoms with Gasteiger partial charge in [0.05, 0.1) is 0 Å². The Balaban J connectivity index is 1.82. The molecule has 0 unspecified atom stereocenters. The van der Waals surface area contributed by atoms with Crippen molar-refractivity contribution in [1.29, 1.82) is 0 Å². The van der Waals surface area contributed by atoms with Crippen molar-refractivity contribution < 1.29 is 9.84 Å². The molecule has 7 heteroatoms. The van der Waals surface area contributed by atoms with Crippen LogP contribution in [0.15, 0.2) is 23.3 Å². The average Bonchev–Trinajstić information content (AvgIpc) is 3.08. The molecule has 0 fully saturated rings. The molecular weight excluding hydrogens is 294 g/mol. The van der Waals surface area contributed by atoms with E-state index in [1.165, 1.54) is 0 Å². The fourth-order valence-electron chi connectivity index (χ4n) is 2.45. The molecule has 0 aliphatic carbocycles. The molecule has 120 valence electrons. The summed E-state index contributed by atoms with van der Waals surface area (Å²) in [6.45, 7) is 3.80. The van der Waals surface area contributed by atoms with Gasteiger partial charge in [-0.2, -0.15) is 0 Å². The zero-order chi connectivity index (χ0) is 16.2. The molecule has 3 rings (SSSR count). The standard InChI is InChI=1S/C16H19N5O2/c1-2-23-8-4-7-21-15(22)13(20-16(21)17)9-11-10-19-14-12(11)5-3-6-18-14/h3,5-6,9-10,22H,2,4,7-8H2,1H3,(H2,17,20)/b11-9-. The predicted octanol–water partition coefficient (Wildman–Crippen LogP) is 2.25. The molecule has 7 nitrogen and oxygen atoms in total. The summed E-state index contributed by atoms with van der Waals surface area (Å²) in [7, 11) is 0. The second-order valence-electron chi connectivity index (χ2n) is 5.11. The molecule has 0 atom stereocenters. The quantitative estimate of drug-likeness (QED) is 0.797. The van der Waals surface area contributed by atoms with Crippen molar-refractivity contribution in [1.82, 2.24) is 14.5 Å². The van der Waals surface area contributed by atoms with Crippen LogP contribution in [0.3, 0.4) is 0 Å². The summed E-state index contributed by atoms with van der Waals surface area (Å²) in [5.74, 6) is 1.01. The summed E-state index contributed by atoms with van der Waals surface area (Å²) in [6, 6.07) is 3.78. The Labute approximate surface area is 134 Å². The molecule has 1 aliphatic rings. The second-order valence-corrected chi connectivity index (χ2v) is 5.11. The third kappa shape index (κ3) is 3.09. The highest BCUT2D eigenvalue weighted by Gasteiger charge is 2.17. The Hall–Kier alpha value is -2.67. The molecule has 3 heterocycles. The molecule has 23 heavy (non-hydrogen) atoms. The predicted molar refractivity (Wildman–Crippen MR) is 89.7 cm³/mol. The number of allylic oxidation sites excluding steroid dienone is 1. The number of hydrogen-bond acceptors (Lipinski definition) is 6. The molecule has 2 aromatic heterocycles. The maximum Gasteiger partial charge on any atom is 0.220 e. The molecule has 0 spiro atoms. The maximum atomic E-state index is 10.3. The molecule has 0 bridgehead atoms. The van der Waals surface area contributed by atoms with Crippen LogP contribution in [-0.4, -0.2) is 39.1 Å².